The smallest absolute Gasteiger partial charge is 0.226 e. The van der Waals surface area contributed by atoms with Crippen LogP contribution in [0, 0.1) is 6.92 Å². The highest BCUT2D eigenvalue weighted by Crippen LogP contribution is 2.11. The molecule has 0 fully saturated rings. The minimum atomic E-state index is 0.622. The topological polar surface area (TPSA) is 50.3 Å². The first kappa shape index (κ1) is 13.7. The van der Waals surface area contributed by atoms with E-state index in [1.54, 1.807) is 0 Å². The predicted molar refractivity (Wildman–Crippen MR) is 69.6 cm³/mol. The summed E-state index contributed by atoms with van der Waals surface area (Å²) < 4.78 is 5.37. The molecule has 0 aliphatic heterocycles. The Kier molecular flexibility index (Phi) is 5.69. The van der Waals surface area contributed by atoms with Crippen molar-refractivity contribution in [2.75, 3.05) is 39.1 Å². The van der Waals surface area contributed by atoms with Crippen LogP contribution in [0.3, 0.4) is 0 Å². The maximum absolute atomic E-state index is 5.37. The number of hydrogen-bond donors (Lipinski definition) is 1. The van der Waals surface area contributed by atoms with Gasteiger partial charge in [0.2, 0.25) is 11.8 Å². The molecule has 0 radical (unpaired) electrons. The van der Waals surface area contributed by atoms with Crippen LogP contribution in [0.25, 0.3) is 0 Å². The highest BCUT2D eigenvalue weighted by atomic mass is 16.5. The number of aryl methyl sites for hydroxylation is 1. The van der Waals surface area contributed by atoms with Gasteiger partial charge >= 0.3 is 0 Å². The molecule has 1 heterocycles. The van der Waals surface area contributed by atoms with Crippen molar-refractivity contribution in [3.05, 3.63) is 11.8 Å². The Hall–Kier alpha value is -1.36. The molecule has 0 unspecified atom stereocenters. The highest BCUT2D eigenvalue weighted by Gasteiger charge is 2.02. The third-order valence-electron chi connectivity index (χ3n) is 2.19. The Morgan fingerprint density at radius 2 is 2.12 bits per heavy atom. The van der Waals surface area contributed by atoms with E-state index in [0.717, 1.165) is 25.2 Å². The third kappa shape index (κ3) is 5.49. The van der Waals surface area contributed by atoms with Gasteiger partial charge in [-0.3, -0.25) is 0 Å². The largest absolute Gasteiger partial charge is 0.478 e. The second kappa shape index (κ2) is 7.06. The van der Waals surface area contributed by atoms with Crippen LogP contribution in [0.2, 0.25) is 0 Å². The van der Waals surface area contributed by atoms with Gasteiger partial charge in [-0.25, -0.2) is 4.98 Å². The van der Waals surface area contributed by atoms with Crippen molar-refractivity contribution in [3.8, 4) is 5.88 Å². The first-order valence-corrected chi connectivity index (χ1v) is 5.99. The molecule has 1 N–H and O–H groups in total. The molecule has 0 amide bonds. The summed E-state index contributed by atoms with van der Waals surface area (Å²) in [5.41, 5.74) is 0.915. The van der Waals surface area contributed by atoms with Gasteiger partial charge in [0.15, 0.2) is 0 Å². The first-order chi connectivity index (χ1) is 8.11. The number of rotatable bonds is 7. The Bertz CT molecular complexity index is 341. The van der Waals surface area contributed by atoms with Crippen LogP contribution in [-0.4, -0.2) is 48.7 Å². The standard InChI is InChI=1S/C12H22N4O/c1-5-17-11-9-10(2)14-12(15-11)13-7-6-8-16(3)4/h9H,5-8H2,1-4H3,(H,13,14,15). The summed E-state index contributed by atoms with van der Waals surface area (Å²) in [5, 5.41) is 3.21. The zero-order chi connectivity index (χ0) is 12.7. The minimum absolute atomic E-state index is 0.622. The van der Waals surface area contributed by atoms with E-state index in [4.69, 9.17) is 4.74 Å². The van der Waals surface area contributed by atoms with E-state index in [-0.39, 0.29) is 0 Å². The Morgan fingerprint density at radius 1 is 1.35 bits per heavy atom. The molecule has 0 aliphatic rings. The summed E-state index contributed by atoms with van der Waals surface area (Å²) in [6.45, 7) is 6.43. The molecule has 1 aromatic heterocycles. The molecule has 1 rings (SSSR count). The molecule has 0 saturated heterocycles. The van der Waals surface area contributed by atoms with Gasteiger partial charge in [-0.05, 0) is 40.9 Å². The lowest BCUT2D eigenvalue weighted by molar-refractivity contribution is 0.326. The average molecular weight is 238 g/mol. The molecule has 96 valence electrons. The van der Waals surface area contributed by atoms with E-state index in [9.17, 15) is 0 Å². The number of nitrogens with one attached hydrogen (secondary N) is 1. The number of hydrogen-bond acceptors (Lipinski definition) is 5. The zero-order valence-electron chi connectivity index (χ0n) is 11.2. The number of ether oxygens (including phenoxy) is 1. The summed E-state index contributed by atoms with van der Waals surface area (Å²) in [4.78, 5) is 10.8. The van der Waals surface area contributed by atoms with Crippen LogP contribution in [0.4, 0.5) is 5.95 Å². The molecule has 0 aromatic carbocycles. The van der Waals surface area contributed by atoms with Gasteiger partial charge in [-0.15, -0.1) is 0 Å². The van der Waals surface area contributed by atoms with Gasteiger partial charge in [-0.2, -0.15) is 4.98 Å². The molecule has 1 aromatic rings. The van der Waals surface area contributed by atoms with Gasteiger partial charge < -0.3 is 15.0 Å². The Morgan fingerprint density at radius 3 is 2.76 bits per heavy atom. The highest BCUT2D eigenvalue weighted by molar-refractivity contribution is 5.30. The van der Waals surface area contributed by atoms with E-state index in [1.807, 2.05) is 19.9 Å². The fraction of sp³-hybridized carbons (Fsp3) is 0.667. The van der Waals surface area contributed by atoms with Gasteiger partial charge in [0.25, 0.3) is 0 Å². The van der Waals surface area contributed by atoms with E-state index >= 15 is 0 Å². The first-order valence-electron chi connectivity index (χ1n) is 5.99. The fourth-order valence-corrected chi connectivity index (χ4v) is 1.44. The lowest BCUT2D eigenvalue weighted by Gasteiger charge is -2.10. The van der Waals surface area contributed by atoms with Crippen LogP contribution >= 0.6 is 0 Å². The molecule has 0 aliphatic carbocycles. The molecular formula is C12H22N4O. The summed E-state index contributed by atoms with van der Waals surface area (Å²) in [7, 11) is 4.13. The molecule has 5 nitrogen and oxygen atoms in total. The third-order valence-corrected chi connectivity index (χ3v) is 2.19. The van der Waals surface area contributed by atoms with Crippen LogP contribution in [0.1, 0.15) is 19.0 Å². The monoisotopic (exact) mass is 238 g/mol. The second-order valence-corrected chi connectivity index (χ2v) is 4.19. The van der Waals surface area contributed by atoms with Crippen LogP contribution in [-0.2, 0) is 0 Å². The maximum Gasteiger partial charge on any atom is 0.226 e. The van der Waals surface area contributed by atoms with Crippen molar-refractivity contribution >= 4 is 5.95 Å². The molecule has 0 saturated carbocycles. The number of aromatic nitrogens is 2. The minimum Gasteiger partial charge on any atom is -0.478 e. The van der Waals surface area contributed by atoms with Crippen LogP contribution < -0.4 is 10.1 Å². The van der Waals surface area contributed by atoms with Gasteiger partial charge in [0.05, 0.1) is 6.61 Å². The van der Waals surface area contributed by atoms with Crippen molar-refractivity contribution in [1.29, 1.82) is 0 Å². The Labute approximate surface area is 103 Å². The molecule has 0 atom stereocenters. The van der Waals surface area contributed by atoms with Crippen LogP contribution in [0.5, 0.6) is 5.88 Å². The molecule has 5 heteroatoms. The normalized spacial score (nSPS) is 10.6. The lowest BCUT2D eigenvalue weighted by atomic mass is 10.4. The summed E-state index contributed by atoms with van der Waals surface area (Å²) in [5.74, 6) is 1.28. The van der Waals surface area contributed by atoms with E-state index in [0.29, 0.717) is 18.4 Å². The van der Waals surface area contributed by atoms with Crippen molar-refractivity contribution in [2.24, 2.45) is 0 Å². The van der Waals surface area contributed by atoms with Crippen molar-refractivity contribution in [3.63, 3.8) is 0 Å². The zero-order valence-corrected chi connectivity index (χ0v) is 11.2. The van der Waals surface area contributed by atoms with Crippen molar-refractivity contribution in [1.82, 2.24) is 14.9 Å². The number of anilines is 1. The van der Waals surface area contributed by atoms with E-state index in [1.165, 1.54) is 0 Å². The van der Waals surface area contributed by atoms with Gasteiger partial charge in [0.1, 0.15) is 0 Å². The molecule has 0 spiro atoms. The van der Waals surface area contributed by atoms with Crippen LogP contribution in [0.15, 0.2) is 6.07 Å². The van der Waals surface area contributed by atoms with E-state index in [2.05, 4.69) is 34.3 Å². The summed E-state index contributed by atoms with van der Waals surface area (Å²) in [6.07, 6.45) is 1.06. The van der Waals surface area contributed by atoms with E-state index < -0.39 is 0 Å². The van der Waals surface area contributed by atoms with Gasteiger partial charge in [-0.1, -0.05) is 0 Å². The lowest BCUT2D eigenvalue weighted by Crippen LogP contribution is -2.17. The average Bonchev–Trinajstić information content (AvgIpc) is 2.24. The number of nitrogens with zero attached hydrogens (tertiary/aromatic N) is 3. The summed E-state index contributed by atoms with van der Waals surface area (Å²) >= 11 is 0. The van der Waals surface area contributed by atoms with Gasteiger partial charge in [0, 0.05) is 18.3 Å². The maximum atomic E-state index is 5.37. The van der Waals surface area contributed by atoms with Crippen molar-refractivity contribution < 1.29 is 4.74 Å². The second-order valence-electron chi connectivity index (χ2n) is 4.19. The molecule has 17 heavy (non-hydrogen) atoms. The quantitative estimate of drug-likeness (QED) is 0.730. The van der Waals surface area contributed by atoms with Crippen molar-refractivity contribution in [2.45, 2.75) is 20.3 Å². The molecular weight excluding hydrogens is 216 g/mol. The summed E-state index contributed by atoms with van der Waals surface area (Å²) in [6, 6.07) is 1.84. The molecule has 0 bridgehead atoms. The fourth-order valence-electron chi connectivity index (χ4n) is 1.44. The Balaban J connectivity index is 2.46. The predicted octanol–water partition coefficient (Wildman–Crippen LogP) is 1.55. The SMILES string of the molecule is CCOc1cc(C)nc(NCCCN(C)C)n1.